The van der Waals surface area contributed by atoms with E-state index in [1.54, 1.807) is 0 Å². The van der Waals surface area contributed by atoms with E-state index in [0.717, 1.165) is 38.3 Å². The molecule has 0 amide bonds. The summed E-state index contributed by atoms with van der Waals surface area (Å²) in [5.74, 6) is 1.38. The molecule has 22 heavy (non-hydrogen) atoms. The quantitative estimate of drug-likeness (QED) is 0.861. The van der Waals surface area contributed by atoms with Crippen LogP contribution in [-0.4, -0.2) is 21.4 Å². The van der Waals surface area contributed by atoms with Gasteiger partial charge in [0.15, 0.2) is 0 Å². The van der Waals surface area contributed by atoms with Crippen molar-refractivity contribution >= 4 is 0 Å². The Morgan fingerprint density at radius 3 is 2.68 bits per heavy atom. The summed E-state index contributed by atoms with van der Waals surface area (Å²) >= 11 is 0. The number of nitrogens with zero attached hydrogens (tertiary/aromatic N) is 3. The zero-order valence-electron chi connectivity index (χ0n) is 13.8. The molecule has 0 saturated heterocycles. The first-order chi connectivity index (χ1) is 10.7. The average Bonchev–Trinajstić information content (AvgIpc) is 2.54. The number of fused-ring (bicyclic) bond motifs is 1. The lowest BCUT2D eigenvalue weighted by Crippen LogP contribution is -2.31. The molecule has 2 aromatic rings. The van der Waals surface area contributed by atoms with Crippen LogP contribution in [0.4, 0.5) is 0 Å². The van der Waals surface area contributed by atoms with E-state index in [-0.39, 0.29) is 0 Å². The summed E-state index contributed by atoms with van der Waals surface area (Å²) in [6.45, 7) is 9.60. The largest absolute Gasteiger partial charge is 0.294 e. The highest BCUT2D eigenvalue weighted by Gasteiger charge is 2.19. The van der Waals surface area contributed by atoms with Crippen LogP contribution in [0.5, 0.6) is 0 Å². The first kappa shape index (κ1) is 15.2. The molecule has 1 aromatic heterocycles. The molecule has 116 valence electrons. The summed E-state index contributed by atoms with van der Waals surface area (Å²) in [7, 11) is 0. The number of rotatable bonds is 4. The molecule has 0 atom stereocenters. The molecule has 1 aliphatic rings. The van der Waals surface area contributed by atoms with E-state index in [9.17, 15) is 0 Å². The molecular formula is C19H25N3. The standard InChI is InChI=1S/C19H25N3/c1-4-15-7-5-6-8-16(15)12-22-10-9-18-17(13-22)11-20-19(21-18)14(2)3/h5-8,11,14H,4,9-10,12-13H2,1-3H3. The van der Waals surface area contributed by atoms with Gasteiger partial charge in [-0.15, -0.1) is 0 Å². The van der Waals surface area contributed by atoms with Crippen LogP contribution in [0.2, 0.25) is 0 Å². The minimum Gasteiger partial charge on any atom is -0.294 e. The minimum atomic E-state index is 0.403. The fourth-order valence-corrected chi connectivity index (χ4v) is 3.10. The van der Waals surface area contributed by atoms with E-state index in [1.807, 2.05) is 6.20 Å². The molecule has 3 nitrogen and oxygen atoms in total. The van der Waals surface area contributed by atoms with E-state index < -0.39 is 0 Å². The topological polar surface area (TPSA) is 29.0 Å². The van der Waals surface area contributed by atoms with Gasteiger partial charge in [0.05, 0.1) is 0 Å². The summed E-state index contributed by atoms with van der Waals surface area (Å²) in [4.78, 5) is 11.8. The van der Waals surface area contributed by atoms with Crippen molar-refractivity contribution in [2.24, 2.45) is 0 Å². The second-order valence-electron chi connectivity index (χ2n) is 6.44. The van der Waals surface area contributed by atoms with Crippen LogP contribution in [0.15, 0.2) is 30.5 Å². The average molecular weight is 295 g/mol. The fraction of sp³-hybridized carbons (Fsp3) is 0.474. The van der Waals surface area contributed by atoms with Crippen molar-refractivity contribution < 1.29 is 0 Å². The predicted octanol–water partition coefficient (Wildman–Crippen LogP) is 3.72. The monoisotopic (exact) mass is 295 g/mol. The maximum atomic E-state index is 4.75. The molecule has 3 rings (SSSR count). The maximum Gasteiger partial charge on any atom is 0.131 e. The first-order valence-corrected chi connectivity index (χ1v) is 8.31. The molecule has 2 heterocycles. The highest BCUT2D eigenvalue weighted by Crippen LogP contribution is 2.21. The van der Waals surface area contributed by atoms with Crippen molar-refractivity contribution in [3.05, 3.63) is 58.7 Å². The van der Waals surface area contributed by atoms with Gasteiger partial charge in [-0.2, -0.15) is 0 Å². The third-order valence-electron chi connectivity index (χ3n) is 4.44. The highest BCUT2D eigenvalue weighted by molar-refractivity contribution is 5.28. The number of aromatic nitrogens is 2. The van der Waals surface area contributed by atoms with Crippen LogP contribution in [0.3, 0.4) is 0 Å². The second-order valence-corrected chi connectivity index (χ2v) is 6.44. The zero-order valence-corrected chi connectivity index (χ0v) is 13.8. The van der Waals surface area contributed by atoms with Gasteiger partial charge >= 0.3 is 0 Å². The lowest BCUT2D eigenvalue weighted by atomic mass is 10.0. The highest BCUT2D eigenvalue weighted by atomic mass is 15.1. The Hall–Kier alpha value is -1.74. The molecular weight excluding hydrogens is 270 g/mol. The molecule has 0 unspecified atom stereocenters. The van der Waals surface area contributed by atoms with Crippen LogP contribution < -0.4 is 0 Å². The Balaban J connectivity index is 1.74. The Labute approximate surface area is 133 Å². The van der Waals surface area contributed by atoms with E-state index in [2.05, 4.69) is 54.9 Å². The van der Waals surface area contributed by atoms with Gasteiger partial charge in [-0.25, -0.2) is 9.97 Å². The van der Waals surface area contributed by atoms with E-state index >= 15 is 0 Å². The summed E-state index contributed by atoms with van der Waals surface area (Å²) in [6, 6.07) is 8.78. The van der Waals surface area contributed by atoms with Crippen molar-refractivity contribution in [1.29, 1.82) is 0 Å². The normalized spacial score (nSPS) is 15.1. The van der Waals surface area contributed by atoms with Crippen molar-refractivity contribution in [2.45, 2.75) is 52.6 Å². The van der Waals surface area contributed by atoms with Crippen LogP contribution in [-0.2, 0) is 25.9 Å². The number of aryl methyl sites for hydroxylation is 1. The molecule has 1 aromatic carbocycles. The molecule has 3 heteroatoms. The van der Waals surface area contributed by atoms with Crippen LogP contribution in [0.25, 0.3) is 0 Å². The molecule has 0 bridgehead atoms. The van der Waals surface area contributed by atoms with Crippen LogP contribution in [0, 0.1) is 0 Å². The molecule has 0 radical (unpaired) electrons. The number of hydrogen-bond acceptors (Lipinski definition) is 3. The van der Waals surface area contributed by atoms with Gasteiger partial charge < -0.3 is 0 Å². The van der Waals surface area contributed by atoms with Gasteiger partial charge in [-0.3, -0.25) is 4.90 Å². The van der Waals surface area contributed by atoms with Crippen molar-refractivity contribution in [2.75, 3.05) is 6.54 Å². The van der Waals surface area contributed by atoms with Crippen molar-refractivity contribution in [3.8, 4) is 0 Å². The molecule has 0 saturated carbocycles. The molecule has 0 spiro atoms. The smallest absolute Gasteiger partial charge is 0.131 e. The molecule has 1 aliphatic heterocycles. The van der Waals surface area contributed by atoms with E-state index in [4.69, 9.17) is 4.98 Å². The van der Waals surface area contributed by atoms with Gasteiger partial charge in [0, 0.05) is 49.4 Å². The lowest BCUT2D eigenvalue weighted by Gasteiger charge is -2.29. The molecule has 0 fully saturated rings. The summed E-state index contributed by atoms with van der Waals surface area (Å²) in [5.41, 5.74) is 5.45. The van der Waals surface area contributed by atoms with Gasteiger partial charge in [0.2, 0.25) is 0 Å². The first-order valence-electron chi connectivity index (χ1n) is 8.31. The predicted molar refractivity (Wildman–Crippen MR) is 89.8 cm³/mol. The van der Waals surface area contributed by atoms with E-state index in [0.29, 0.717) is 5.92 Å². The van der Waals surface area contributed by atoms with Crippen LogP contribution in [0.1, 0.15) is 54.9 Å². The summed E-state index contributed by atoms with van der Waals surface area (Å²) in [6.07, 6.45) is 4.17. The molecule has 0 N–H and O–H groups in total. The Morgan fingerprint density at radius 1 is 1.18 bits per heavy atom. The van der Waals surface area contributed by atoms with Crippen molar-refractivity contribution in [1.82, 2.24) is 14.9 Å². The van der Waals surface area contributed by atoms with Gasteiger partial charge in [0.1, 0.15) is 5.82 Å². The maximum absolute atomic E-state index is 4.75. The molecule has 0 aliphatic carbocycles. The third-order valence-corrected chi connectivity index (χ3v) is 4.44. The third kappa shape index (κ3) is 3.20. The van der Waals surface area contributed by atoms with Gasteiger partial charge in [-0.1, -0.05) is 45.0 Å². The summed E-state index contributed by atoms with van der Waals surface area (Å²) in [5, 5.41) is 0. The Morgan fingerprint density at radius 2 is 1.95 bits per heavy atom. The Bertz CT molecular complexity index is 649. The second kappa shape index (κ2) is 6.57. The fourth-order valence-electron chi connectivity index (χ4n) is 3.10. The van der Waals surface area contributed by atoms with Gasteiger partial charge in [-0.05, 0) is 17.5 Å². The number of benzene rings is 1. The van der Waals surface area contributed by atoms with E-state index in [1.165, 1.54) is 22.4 Å². The lowest BCUT2D eigenvalue weighted by molar-refractivity contribution is 0.242. The summed E-state index contributed by atoms with van der Waals surface area (Å²) < 4.78 is 0. The van der Waals surface area contributed by atoms with Crippen LogP contribution >= 0.6 is 0 Å². The van der Waals surface area contributed by atoms with Crippen molar-refractivity contribution in [3.63, 3.8) is 0 Å². The number of hydrogen-bond donors (Lipinski definition) is 0. The SMILES string of the molecule is CCc1ccccc1CN1CCc2nc(C(C)C)ncc2C1. The Kier molecular flexibility index (Phi) is 4.53. The van der Waals surface area contributed by atoms with Gasteiger partial charge in [0.25, 0.3) is 0 Å². The zero-order chi connectivity index (χ0) is 15.5. The minimum absolute atomic E-state index is 0.403.